The highest BCUT2D eigenvalue weighted by molar-refractivity contribution is 7.26. The van der Waals surface area contributed by atoms with Gasteiger partial charge in [-0.2, -0.15) is 0 Å². The highest BCUT2D eigenvalue weighted by atomic mass is 32.1. The van der Waals surface area contributed by atoms with Gasteiger partial charge < -0.3 is 4.57 Å². The first-order valence-electron chi connectivity index (χ1n) is 16.5. The Labute approximate surface area is 284 Å². The molecule has 228 valence electrons. The number of rotatable bonds is 3. The molecule has 0 aliphatic carbocycles. The van der Waals surface area contributed by atoms with Crippen LogP contribution in [0.25, 0.3) is 97.6 Å². The van der Waals surface area contributed by atoms with Crippen LogP contribution in [-0.4, -0.2) is 19.1 Å². The van der Waals surface area contributed by atoms with E-state index in [-0.39, 0.29) is 0 Å². The maximum atomic E-state index is 5.41. The summed E-state index contributed by atoms with van der Waals surface area (Å²) in [6, 6.07) is 56.2. The van der Waals surface area contributed by atoms with Crippen molar-refractivity contribution in [3.63, 3.8) is 0 Å². The van der Waals surface area contributed by atoms with Crippen LogP contribution in [0.1, 0.15) is 0 Å². The van der Waals surface area contributed by atoms with Crippen molar-refractivity contribution < 1.29 is 0 Å². The van der Waals surface area contributed by atoms with E-state index in [0.29, 0.717) is 5.95 Å². The standard InChI is InChI=1S/C44H26N4S/c1-3-14-28(15-4-1)40-33-24-23-27-13-7-8-18-30(27)41(33)46-44(45-40)48-36-21-11-9-19-31(36)34-25-35-38(26-37(34)48)47(29-16-5-2-6-17-29)42-32-20-10-12-22-39(32)49-43(35)42/h1-26H. The van der Waals surface area contributed by atoms with Gasteiger partial charge in [0, 0.05) is 48.3 Å². The zero-order chi connectivity index (χ0) is 32.1. The lowest BCUT2D eigenvalue weighted by atomic mass is 10.0. The van der Waals surface area contributed by atoms with Gasteiger partial charge >= 0.3 is 0 Å². The van der Waals surface area contributed by atoms with Gasteiger partial charge in [0.05, 0.1) is 38.0 Å². The number of hydrogen-bond donors (Lipinski definition) is 0. The summed E-state index contributed by atoms with van der Waals surface area (Å²) in [6.07, 6.45) is 0. The number of fused-ring (bicyclic) bond motifs is 11. The molecule has 11 rings (SSSR count). The molecule has 0 radical (unpaired) electrons. The van der Waals surface area contributed by atoms with Gasteiger partial charge in [0.2, 0.25) is 5.95 Å². The minimum atomic E-state index is 0.665. The summed E-state index contributed by atoms with van der Waals surface area (Å²) in [5.74, 6) is 0.665. The van der Waals surface area contributed by atoms with Gasteiger partial charge in [-0.3, -0.25) is 4.57 Å². The molecule has 49 heavy (non-hydrogen) atoms. The molecule has 0 N–H and O–H groups in total. The molecule has 4 nitrogen and oxygen atoms in total. The maximum absolute atomic E-state index is 5.41. The van der Waals surface area contributed by atoms with E-state index in [4.69, 9.17) is 9.97 Å². The largest absolute Gasteiger partial charge is 0.308 e. The Morgan fingerprint density at radius 3 is 2.00 bits per heavy atom. The van der Waals surface area contributed by atoms with Crippen LogP contribution in [0.3, 0.4) is 0 Å². The SMILES string of the molecule is c1ccc(-c2nc(-n3c4ccccc4c4cc5c6sc7ccccc7c6n(-c6ccccc6)c5cc43)nc3c2ccc2ccccc23)cc1. The Balaban J connectivity index is 1.31. The Hall–Kier alpha value is -6.30. The van der Waals surface area contributed by atoms with Crippen LogP contribution in [0, 0.1) is 0 Å². The molecule has 5 heteroatoms. The monoisotopic (exact) mass is 642 g/mol. The third-order valence-corrected chi connectivity index (χ3v) is 11.1. The van der Waals surface area contributed by atoms with E-state index in [1.165, 1.54) is 42.0 Å². The van der Waals surface area contributed by atoms with Crippen LogP contribution in [0.2, 0.25) is 0 Å². The Bertz CT molecular complexity index is 3100. The Morgan fingerprint density at radius 1 is 0.449 bits per heavy atom. The van der Waals surface area contributed by atoms with Gasteiger partial charge in [-0.25, -0.2) is 9.97 Å². The molecular formula is C44H26N4S. The zero-order valence-electron chi connectivity index (χ0n) is 26.2. The average molecular weight is 643 g/mol. The number of thiophene rings is 1. The molecule has 7 aromatic carbocycles. The summed E-state index contributed by atoms with van der Waals surface area (Å²) in [4.78, 5) is 10.8. The molecule has 0 amide bonds. The van der Waals surface area contributed by atoms with Gasteiger partial charge in [0.15, 0.2) is 0 Å². The lowest BCUT2D eigenvalue weighted by Gasteiger charge is -2.13. The number of nitrogens with zero attached hydrogens (tertiary/aromatic N) is 4. The summed E-state index contributed by atoms with van der Waals surface area (Å²) in [5.41, 5.74) is 8.69. The molecule has 0 unspecified atom stereocenters. The predicted molar refractivity (Wildman–Crippen MR) is 207 cm³/mol. The lowest BCUT2D eigenvalue weighted by molar-refractivity contribution is 1.02. The van der Waals surface area contributed by atoms with Crippen LogP contribution in [-0.2, 0) is 0 Å². The normalized spacial score (nSPS) is 12.1. The van der Waals surface area contributed by atoms with Gasteiger partial charge in [0.25, 0.3) is 0 Å². The minimum absolute atomic E-state index is 0.665. The topological polar surface area (TPSA) is 35.6 Å². The average Bonchev–Trinajstić information content (AvgIpc) is 3.81. The number of benzene rings is 7. The second-order valence-electron chi connectivity index (χ2n) is 12.6. The van der Waals surface area contributed by atoms with Crippen molar-refractivity contribution >= 4 is 86.0 Å². The summed E-state index contributed by atoms with van der Waals surface area (Å²) >= 11 is 1.87. The first-order chi connectivity index (χ1) is 24.3. The molecule has 0 bridgehead atoms. The molecule has 0 atom stereocenters. The highest BCUT2D eigenvalue weighted by Crippen LogP contribution is 2.45. The second kappa shape index (κ2) is 10.1. The molecule has 4 aromatic heterocycles. The molecule has 0 spiro atoms. The van der Waals surface area contributed by atoms with E-state index in [2.05, 4.69) is 167 Å². The number of hydrogen-bond acceptors (Lipinski definition) is 3. The third-order valence-electron chi connectivity index (χ3n) is 9.91. The van der Waals surface area contributed by atoms with Crippen LogP contribution >= 0.6 is 11.3 Å². The van der Waals surface area contributed by atoms with E-state index < -0.39 is 0 Å². The molecule has 0 saturated carbocycles. The van der Waals surface area contributed by atoms with E-state index in [1.54, 1.807) is 0 Å². The smallest absolute Gasteiger partial charge is 0.235 e. The number of aromatic nitrogens is 4. The molecule has 11 aromatic rings. The van der Waals surface area contributed by atoms with Gasteiger partial charge in [0.1, 0.15) is 0 Å². The summed E-state index contributed by atoms with van der Waals surface area (Å²) < 4.78 is 7.31. The fourth-order valence-corrected chi connectivity index (χ4v) is 8.97. The molecule has 0 aliphatic rings. The van der Waals surface area contributed by atoms with Crippen molar-refractivity contribution in [1.29, 1.82) is 0 Å². The van der Waals surface area contributed by atoms with Crippen molar-refractivity contribution in [2.75, 3.05) is 0 Å². The molecule has 4 heterocycles. The summed E-state index contributed by atoms with van der Waals surface area (Å²) in [7, 11) is 0. The minimum Gasteiger partial charge on any atom is -0.308 e. The van der Waals surface area contributed by atoms with Gasteiger partial charge in [-0.15, -0.1) is 11.3 Å². The molecule has 0 fully saturated rings. The van der Waals surface area contributed by atoms with Crippen LogP contribution in [0.4, 0.5) is 0 Å². The fourth-order valence-electron chi connectivity index (χ4n) is 7.76. The first-order valence-corrected chi connectivity index (χ1v) is 17.3. The Morgan fingerprint density at radius 2 is 1.14 bits per heavy atom. The highest BCUT2D eigenvalue weighted by Gasteiger charge is 2.23. The van der Waals surface area contributed by atoms with Gasteiger partial charge in [-0.1, -0.05) is 115 Å². The number of para-hydroxylation sites is 2. The van der Waals surface area contributed by atoms with Crippen molar-refractivity contribution in [3.8, 4) is 22.9 Å². The summed E-state index contributed by atoms with van der Waals surface area (Å²) in [6.45, 7) is 0. The van der Waals surface area contributed by atoms with Crippen molar-refractivity contribution in [3.05, 3.63) is 158 Å². The van der Waals surface area contributed by atoms with E-state index in [9.17, 15) is 0 Å². The van der Waals surface area contributed by atoms with Crippen LogP contribution in [0.15, 0.2) is 158 Å². The van der Waals surface area contributed by atoms with Crippen LogP contribution in [0.5, 0.6) is 0 Å². The lowest BCUT2D eigenvalue weighted by Crippen LogP contribution is -2.04. The van der Waals surface area contributed by atoms with Crippen molar-refractivity contribution in [2.45, 2.75) is 0 Å². The van der Waals surface area contributed by atoms with E-state index in [0.717, 1.165) is 49.7 Å². The Kier molecular flexibility index (Phi) is 5.51. The molecule has 0 saturated heterocycles. The molecule has 0 aliphatic heterocycles. The second-order valence-corrected chi connectivity index (χ2v) is 13.7. The predicted octanol–water partition coefficient (Wildman–Crippen LogP) is 11.9. The quantitative estimate of drug-likeness (QED) is 0.180. The fraction of sp³-hybridized carbons (Fsp3) is 0. The van der Waals surface area contributed by atoms with Gasteiger partial charge in [-0.05, 0) is 47.9 Å². The zero-order valence-corrected chi connectivity index (χ0v) is 27.0. The summed E-state index contributed by atoms with van der Waals surface area (Å²) in [5, 5.41) is 8.23. The van der Waals surface area contributed by atoms with Crippen molar-refractivity contribution in [2.24, 2.45) is 0 Å². The van der Waals surface area contributed by atoms with E-state index >= 15 is 0 Å². The van der Waals surface area contributed by atoms with Crippen molar-refractivity contribution in [1.82, 2.24) is 19.1 Å². The van der Waals surface area contributed by atoms with E-state index in [1.807, 2.05) is 11.3 Å². The molecular weight excluding hydrogens is 617 g/mol. The van der Waals surface area contributed by atoms with Crippen LogP contribution < -0.4 is 0 Å². The first kappa shape index (κ1) is 26.7. The third kappa shape index (κ3) is 3.79. The maximum Gasteiger partial charge on any atom is 0.235 e.